The molecule has 8 nitrogen and oxygen atoms in total. The van der Waals surface area contributed by atoms with Gasteiger partial charge in [-0.25, -0.2) is 14.8 Å². The van der Waals surface area contributed by atoms with Gasteiger partial charge in [-0.05, 0) is 59.7 Å². The van der Waals surface area contributed by atoms with Crippen LogP contribution in [0.25, 0.3) is 21.8 Å². The van der Waals surface area contributed by atoms with Crippen molar-refractivity contribution in [1.82, 2.24) is 9.97 Å². The van der Waals surface area contributed by atoms with E-state index in [9.17, 15) is 4.79 Å². The van der Waals surface area contributed by atoms with Crippen molar-refractivity contribution in [2.45, 2.75) is 33.0 Å². The Hall–Kier alpha value is -4.76. The fraction of sp³-hybridized carbons (Fsp3) is 0.179. The summed E-state index contributed by atoms with van der Waals surface area (Å²) in [6.45, 7) is 5.04. The number of carbonyl (C=O) groups is 1. The van der Waals surface area contributed by atoms with Gasteiger partial charge in [0.15, 0.2) is 6.21 Å². The topological polar surface area (TPSA) is 103 Å². The van der Waals surface area contributed by atoms with Crippen molar-refractivity contribution in [3.8, 4) is 11.5 Å². The fourth-order valence-electron chi connectivity index (χ4n) is 5.67. The molecule has 0 saturated heterocycles. The van der Waals surface area contributed by atoms with E-state index in [0.717, 1.165) is 62.0 Å². The number of aromatic nitrogens is 2. The monoisotopic (exact) mass is 649 g/mol. The summed E-state index contributed by atoms with van der Waals surface area (Å²) in [5.74, 6) is 0.181. The van der Waals surface area contributed by atoms with Gasteiger partial charge < -0.3 is 19.4 Å². The molecule has 0 bridgehead atoms. The van der Waals surface area contributed by atoms with E-state index in [-0.39, 0.29) is 42.1 Å². The van der Waals surface area contributed by atoms with Crippen LogP contribution < -0.4 is 9.47 Å². The number of pyridine rings is 2. The summed E-state index contributed by atoms with van der Waals surface area (Å²) in [5.41, 5.74) is 5.20. The van der Waals surface area contributed by atoms with Gasteiger partial charge in [-0.15, -0.1) is 0 Å². The molecule has 4 aromatic carbocycles. The van der Waals surface area contributed by atoms with Gasteiger partial charge in [-0.2, -0.15) is 0 Å². The number of hydrogen-bond donors (Lipinski definition) is 1. The molecule has 48 heavy (non-hydrogen) atoms. The molecule has 0 atom stereocenters. The second-order valence-corrected chi connectivity index (χ2v) is 12.0. The molecule has 9 heteroatoms. The number of ether oxygens (including phenoxy) is 2. The zero-order valence-corrected chi connectivity index (χ0v) is 26.2. The second kappa shape index (κ2) is 15.9. The summed E-state index contributed by atoms with van der Waals surface area (Å²) in [4.78, 5) is 25.8. The zero-order valence-electron chi connectivity index (χ0n) is 26.2. The Labute approximate surface area is 301 Å². The van der Waals surface area contributed by atoms with E-state index in [0.29, 0.717) is 13.2 Å². The molecule has 0 aliphatic rings. The number of benzene rings is 4. The average Bonchev–Trinajstić information content (AvgIpc) is 3.09. The van der Waals surface area contributed by atoms with Crippen molar-refractivity contribution in [2.75, 3.05) is 6.61 Å². The standard InChI is InChI=1S/C39H35N3O5.Na.H/c1-39(2,26-47-40-23-37(43)44)38(29-13-19-33(20-14-29)45-24-31-17-11-27-7-3-5-9-35(27)41-31)30-15-21-34(22-16-30)46-25-32-18-12-28-8-4-6-10-36(28)42-32;;/h3-23,38H,24-26H2,1-2H3,(H,43,44);;. The van der Waals surface area contributed by atoms with Gasteiger partial charge in [0.05, 0.1) is 22.4 Å². The minimum atomic E-state index is -1.16. The van der Waals surface area contributed by atoms with Crippen LogP contribution in [0.15, 0.2) is 126 Å². The molecule has 238 valence electrons. The van der Waals surface area contributed by atoms with Crippen LogP contribution >= 0.6 is 0 Å². The summed E-state index contributed by atoms with van der Waals surface area (Å²) in [7, 11) is 0. The third-order valence-corrected chi connectivity index (χ3v) is 7.97. The molecule has 6 aromatic rings. The molecular formula is C39H36N3NaO5. The van der Waals surface area contributed by atoms with E-state index < -0.39 is 11.4 Å². The molecule has 0 unspecified atom stereocenters. The van der Waals surface area contributed by atoms with Crippen molar-refractivity contribution in [1.29, 1.82) is 0 Å². The molecular weight excluding hydrogens is 613 g/mol. The molecule has 1 N–H and O–H groups in total. The predicted octanol–water partition coefficient (Wildman–Crippen LogP) is 7.54. The first-order valence-corrected chi connectivity index (χ1v) is 15.4. The first-order valence-electron chi connectivity index (χ1n) is 15.4. The first kappa shape index (κ1) is 34.6. The Balaban J connectivity index is 0.00000451. The summed E-state index contributed by atoms with van der Waals surface area (Å²) in [6, 6.07) is 40.1. The number of aliphatic carboxylic acids is 1. The molecule has 0 amide bonds. The Morgan fingerprint density at radius 3 is 1.62 bits per heavy atom. The number of carboxylic acid groups (broad SMARTS) is 1. The summed E-state index contributed by atoms with van der Waals surface area (Å²) in [5, 5.41) is 14.7. The number of hydrogen-bond acceptors (Lipinski definition) is 7. The summed E-state index contributed by atoms with van der Waals surface area (Å²) < 4.78 is 12.2. The van der Waals surface area contributed by atoms with Gasteiger partial charge in [-0.1, -0.05) is 91.8 Å². The molecule has 2 aromatic heterocycles. The number of oxime groups is 1. The van der Waals surface area contributed by atoms with Gasteiger partial charge in [0.25, 0.3) is 0 Å². The quantitative estimate of drug-likeness (QED) is 0.0784. The van der Waals surface area contributed by atoms with Crippen LogP contribution in [0.5, 0.6) is 11.5 Å². The van der Waals surface area contributed by atoms with Gasteiger partial charge in [0.2, 0.25) is 0 Å². The third kappa shape index (κ3) is 8.77. The number of nitrogens with zero attached hydrogens (tertiary/aromatic N) is 3. The Bertz CT molecular complexity index is 1890. The van der Waals surface area contributed by atoms with Crippen LogP contribution in [-0.4, -0.2) is 63.4 Å². The Morgan fingerprint density at radius 1 is 0.708 bits per heavy atom. The van der Waals surface area contributed by atoms with Crippen molar-refractivity contribution < 1.29 is 24.2 Å². The Morgan fingerprint density at radius 2 is 1.17 bits per heavy atom. The molecule has 2 heterocycles. The van der Waals surface area contributed by atoms with Gasteiger partial charge in [-0.3, -0.25) is 0 Å². The van der Waals surface area contributed by atoms with E-state index in [1.807, 2.05) is 109 Å². The van der Waals surface area contributed by atoms with Crippen molar-refractivity contribution >= 4 is 63.5 Å². The first-order chi connectivity index (χ1) is 22.8. The zero-order chi connectivity index (χ0) is 32.6. The number of rotatable bonds is 13. The molecule has 0 spiro atoms. The van der Waals surface area contributed by atoms with Gasteiger partial charge >= 0.3 is 35.5 Å². The van der Waals surface area contributed by atoms with Crippen LogP contribution in [0.1, 0.15) is 42.3 Å². The van der Waals surface area contributed by atoms with E-state index in [4.69, 9.17) is 29.4 Å². The molecule has 0 fully saturated rings. The summed E-state index contributed by atoms with van der Waals surface area (Å²) >= 11 is 0. The van der Waals surface area contributed by atoms with E-state index in [2.05, 4.69) is 31.1 Å². The molecule has 0 radical (unpaired) electrons. The third-order valence-electron chi connectivity index (χ3n) is 7.97. The van der Waals surface area contributed by atoms with Crippen molar-refractivity contribution in [2.24, 2.45) is 10.6 Å². The number of fused-ring (bicyclic) bond motifs is 2. The van der Waals surface area contributed by atoms with E-state index in [1.54, 1.807) is 0 Å². The predicted molar refractivity (Wildman–Crippen MR) is 190 cm³/mol. The van der Waals surface area contributed by atoms with E-state index in [1.165, 1.54) is 0 Å². The average molecular weight is 650 g/mol. The van der Waals surface area contributed by atoms with Crippen LogP contribution in [0.4, 0.5) is 0 Å². The normalized spacial score (nSPS) is 11.5. The van der Waals surface area contributed by atoms with Crippen LogP contribution in [0.3, 0.4) is 0 Å². The number of carboxylic acids is 1. The molecule has 0 saturated carbocycles. The Kier molecular flexibility index (Phi) is 11.4. The van der Waals surface area contributed by atoms with Crippen molar-refractivity contribution in [3.05, 3.63) is 144 Å². The SMILES string of the molecule is CC(C)(CON=CC(=O)O)C(c1ccc(OCc2ccc3ccccc3n2)cc1)c1ccc(OCc2ccc3ccccc3n2)cc1.[NaH]. The van der Waals surface area contributed by atoms with E-state index >= 15 is 0 Å². The molecule has 0 aliphatic carbocycles. The molecule has 0 aliphatic heterocycles. The maximum absolute atomic E-state index is 10.9. The number of para-hydroxylation sites is 2. The maximum atomic E-state index is 10.9. The fourth-order valence-corrected chi connectivity index (χ4v) is 5.67. The molecule has 6 rings (SSSR count). The van der Waals surface area contributed by atoms with Crippen LogP contribution in [0.2, 0.25) is 0 Å². The van der Waals surface area contributed by atoms with Crippen LogP contribution in [0, 0.1) is 5.41 Å². The second-order valence-electron chi connectivity index (χ2n) is 12.0. The van der Waals surface area contributed by atoms with Crippen LogP contribution in [-0.2, 0) is 22.8 Å². The summed E-state index contributed by atoms with van der Waals surface area (Å²) in [6.07, 6.45) is 0.748. The van der Waals surface area contributed by atoms with Gasteiger partial charge in [0.1, 0.15) is 31.3 Å². The minimum absolute atomic E-state index is 0. The van der Waals surface area contributed by atoms with Gasteiger partial charge in [0, 0.05) is 22.1 Å². The van der Waals surface area contributed by atoms with Crippen molar-refractivity contribution in [3.63, 3.8) is 0 Å².